The molecule has 2 aromatic carbocycles. The van der Waals surface area contributed by atoms with Gasteiger partial charge >= 0.3 is 0 Å². The first-order valence-corrected chi connectivity index (χ1v) is 10.1. The van der Waals surface area contributed by atoms with Crippen molar-refractivity contribution >= 4 is 40.8 Å². The van der Waals surface area contributed by atoms with Gasteiger partial charge < -0.3 is 25.1 Å². The van der Waals surface area contributed by atoms with Gasteiger partial charge in [-0.25, -0.2) is 0 Å². The number of nitrogens with zero attached hydrogens (tertiary/aromatic N) is 1. The molecular weight excluding hydrogens is 491 g/mol. The number of aliphatic imine (C=N–C) groups is 1. The SMILES string of the molecule is CCOc1cc2c(cc1CNC(=NC)NCc1cc3ccccc3[nH]1)OC(C)C2.I. The number of aromatic amines is 1. The van der Waals surface area contributed by atoms with E-state index in [1.807, 2.05) is 19.1 Å². The van der Waals surface area contributed by atoms with E-state index in [2.05, 4.69) is 57.9 Å². The Morgan fingerprint density at radius 3 is 2.77 bits per heavy atom. The Kier molecular flexibility index (Phi) is 7.47. The molecule has 3 N–H and O–H groups in total. The van der Waals surface area contributed by atoms with E-state index in [9.17, 15) is 0 Å². The molecule has 0 saturated heterocycles. The van der Waals surface area contributed by atoms with Crippen molar-refractivity contribution in [2.24, 2.45) is 4.99 Å². The van der Waals surface area contributed by atoms with E-state index in [1.165, 1.54) is 10.9 Å². The molecule has 1 aliphatic rings. The lowest BCUT2D eigenvalue weighted by Crippen LogP contribution is -2.36. The summed E-state index contributed by atoms with van der Waals surface area (Å²) in [6.45, 7) is 6.00. The molecule has 0 fully saturated rings. The first kappa shape index (κ1) is 22.3. The molecule has 1 atom stereocenters. The summed E-state index contributed by atoms with van der Waals surface area (Å²) < 4.78 is 11.8. The largest absolute Gasteiger partial charge is 0.494 e. The fraction of sp³-hybridized carbons (Fsp3) is 0.348. The quantitative estimate of drug-likeness (QED) is 0.257. The van der Waals surface area contributed by atoms with Gasteiger partial charge in [0.15, 0.2) is 5.96 Å². The molecule has 30 heavy (non-hydrogen) atoms. The zero-order valence-electron chi connectivity index (χ0n) is 17.6. The van der Waals surface area contributed by atoms with Crippen molar-refractivity contribution in [3.63, 3.8) is 0 Å². The van der Waals surface area contributed by atoms with Crippen LogP contribution in [0.3, 0.4) is 0 Å². The van der Waals surface area contributed by atoms with E-state index >= 15 is 0 Å². The highest BCUT2D eigenvalue weighted by molar-refractivity contribution is 14.0. The second kappa shape index (κ2) is 10.1. The van der Waals surface area contributed by atoms with Crippen molar-refractivity contribution in [2.75, 3.05) is 13.7 Å². The van der Waals surface area contributed by atoms with Crippen LogP contribution in [-0.4, -0.2) is 30.7 Å². The highest BCUT2D eigenvalue weighted by Crippen LogP contribution is 2.35. The van der Waals surface area contributed by atoms with Gasteiger partial charge in [0, 0.05) is 42.4 Å². The van der Waals surface area contributed by atoms with Crippen molar-refractivity contribution in [3.05, 3.63) is 59.3 Å². The number of hydrogen-bond acceptors (Lipinski definition) is 3. The van der Waals surface area contributed by atoms with Gasteiger partial charge in [0.1, 0.15) is 17.6 Å². The van der Waals surface area contributed by atoms with Crippen LogP contribution in [0, 0.1) is 0 Å². The van der Waals surface area contributed by atoms with Crippen molar-refractivity contribution in [3.8, 4) is 11.5 Å². The van der Waals surface area contributed by atoms with Crippen LogP contribution in [0.4, 0.5) is 0 Å². The zero-order chi connectivity index (χ0) is 20.2. The number of halogens is 1. The summed E-state index contributed by atoms with van der Waals surface area (Å²) in [5.74, 6) is 2.60. The predicted octanol–water partition coefficient (Wildman–Crippen LogP) is 4.37. The van der Waals surface area contributed by atoms with Gasteiger partial charge in [0.25, 0.3) is 0 Å². The van der Waals surface area contributed by atoms with Crippen LogP contribution >= 0.6 is 24.0 Å². The minimum absolute atomic E-state index is 0. The van der Waals surface area contributed by atoms with E-state index in [4.69, 9.17) is 9.47 Å². The monoisotopic (exact) mass is 520 g/mol. The maximum atomic E-state index is 5.91. The Hall–Kier alpha value is -2.42. The zero-order valence-corrected chi connectivity index (χ0v) is 19.9. The van der Waals surface area contributed by atoms with Crippen LogP contribution in [-0.2, 0) is 19.5 Å². The lowest BCUT2D eigenvalue weighted by atomic mass is 10.1. The number of ether oxygens (including phenoxy) is 2. The third kappa shape index (κ3) is 5.00. The number of aromatic nitrogens is 1. The molecule has 1 aromatic heterocycles. The van der Waals surface area contributed by atoms with Gasteiger partial charge in [0.2, 0.25) is 0 Å². The molecule has 0 amide bonds. The van der Waals surface area contributed by atoms with Crippen LogP contribution in [0.5, 0.6) is 11.5 Å². The Labute approximate surface area is 194 Å². The molecule has 2 heterocycles. The molecule has 4 rings (SSSR count). The molecule has 6 nitrogen and oxygen atoms in total. The molecule has 0 spiro atoms. The standard InChI is InChI=1S/C23H28N4O2.HI/c1-4-28-21-11-17-9-15(2)29-22(17)12-18(21)13-25-23(24-3)26-14-19-10-16-7-5-6-8-20(16)27-19;/h5-8,10-12,15,27H,4,9,13-14H2,1-3H3,(H2,24,25,26);1H. The van der Waals surface area contributed by atoms with Gasteiger partial charge in [-0.15, -0.1) is 24.0 Å². The number of H-pyrrole nitrogens is 1. The van der Waals surface area contributed by atoms with Crippen LogP contribution in [0.25, 0.3) is 10.9 Å². The third-order valence-electron chi connectivity index (χ3n) is 5.08. The molecule has 7 heteroatoms. The second-order valence-corrected chi connectivity index (χ2v) is 7.29. The number of rotatable bonds is 6. The highest BCUT2D eigenvalue weighted by Gasteiger charge is 2.21. The maximum absolute atomic E-state index is 5.91. The van der Waals surface area contributed by atoms with Crippen LogP contribution < -0.4 is 20.1 Å². The fourth-order valence-corrected chi connectivity index (χ4v) is 3.72. The number of para-hydroxylation sites is 1. The van der Waals surface area contributed by atoms with Gasteiger partial charge in [-0.3, -0.25) is 4.99 Å². The summed E-state index contributed by atoms with van der Waals surface area (Å²) in [6.07, 6.45) is 1.14. The van der Waals surface area contributed by atoms with E-state index < -0.39 is 0 Å². The lowest BCUT2D eigenvalue weighted by Gasteiger charge is -2.15. The van der Waals surface area contributed by atoms with Crippen LogP contribution in [0.1, 0.15) is 30.7 Å². The molecule has 0 saturated carbocycles. The van der Waals surface area contributed by atoms with Crippen LogP contribution in [0.2, 0.25) is 0 Å². The van der Waals surface area contributed by atoms with Crippen LogP contribution in [0.15, 0.2) is 47.5 Å². The minimum Gasteiger partial charge on any atom is -0.494 e. The van der Waals surface area contributed by atoms with E-state index in [0.29, 0.717) is 19.7 Å². The molecule has 3 aromatic rings. The molecular formula is C23H29IN4O2. The fourth-order valence-electron chi connectivity index (χ4n) is 3.72. The van der Waals surface area contributed by atoms with E-state index in [1.54, 1.807) is 7.05 Å². The molecule has 0 radical (unpaired) electrons. The van der Waals surface area contributed by atoms with E-state index in [-0.39, 0.29) is 30.1 Å². The highest BCUT2D eigenvalue weighted by atomic mass is 127. The minimum atomic E-state index is 0. The van der Waals surface area contributed by atoms with Crippen molar-refractivity contribution in [1.82, 2.24) is 15.6 Å². The second-order valence-electron chi connectivity index (χ2n) is 7.29. The number of nitrogens with one attached hydrogen (secondary N) is 3. The summed E-state index contributed by atoms with van der Waals surface area (Å²) in [4.78, 5) is 7.77. The third-order valence-corrected chi connectivity index (χ3v) is 5.08. The number of hydrogen-bond donors (Lipinski definition) is 3. The molecule has 0 bridgehead atoms. The summed E-state index contributed by atoms with van der Waals surface area (Å²) in [5.41, 5.74) is 4.53. The molecule has 160 valence electrons. The van der Waals surface area contributed by atoms with Gasteiger partial charge in [-0.1, -0.05) is 18.2 Å². The molecule has 0 aliphatic carbocycles. The van der Waals surface area contributed by atoms with E-state index in [0.717, 1.165) is 40.7 Å². The average Bonchev–Trinajstić information content (AvgIpc) is 3.29. The Morgan fingerprint density at radius 1 is 1.20 bits per heavy atom. The Balaban J connectivity index is 0.00000256. The molecule has 1 aliphatic heterocycles. The molecule has 1 unspecified atom stereocenters. The summed E-state index contributed by atoms with van der Waals surface area (Å²) in [7, 11) is 1.78. The summed E-state index contributed by atoms with van der Waals surface area (Å²) >= 11 is 0. The Bertz CT molecular complexity index is 998. The summed E-state index contributed by atoms with van der Waals surface area (Å²) in [5, 5.41) is 7.95. The van der Waals surface area contributed by atoms with Crippen molar-refractivity contribution < 1.29 is 9.47 Å². The van der Waals surface area contributed by atoms with Gasteiger partial charge in [0.05, 0.1) is 13.2 Å². The van der Waals surface area contributed by atoms with Crippen molar-refractivity contribution in [2.45, 2.75) is 39.5 Å². The maximum Gasteiger partial charge on any atom is 0.191 e. The smallest absolute Gasteiger partial charge is 0.191 e. The first-order valence-electron chi connectivity index (χ1n) is 10.1. The first-order chi connectivity index (χ1) is 14.2. The number of guanidine groups is 1. The van der Waals surface area contributed by atoms with Gasteiger partial charge in [-0.05, 0) is 43.5 Å². The van der Waals surface area contributed by atoms with Gasteiger partial charge in [-0.2, -0.15) is 0 Å². The topological polar surface area (TPSA) is 70.7 Å². The normalized spacial score (nSPS) is 15.3. The predicted molar refractivity (Wildman–Crippen MR) is 132 cm³/mol. The Morgan fingerprint density at radius 2 is 2.00 bits per heavy atom. The summed E-state index contributed by atoms with van der Waals surface area (Å²) in [6, 6.07) is 14.6. The average molecular weight is 520 g/mol. The number of benzene rings is 2. The lowest BCUT2D eigenvalue weighted by molar-refractivity contribution is 0.254. The van der Waals surface area contributed by atoms with Crippen molar-refractivity contribution in [1.29, 1.82) is 0 Å². The number of fused-ring (bicyclic) bond motifs is 2.